The Hall–Kier alpha value is -2.94. The topological polar surface area (TPSA) is 50.2 Å². The zero-order chi connectivity index (χ0) is 17.4. The summed E-state index contributed by atoms with van der Waals surface area (Å²) in [4.78, 5) is 16.9. The van der Waals surface area contributed by atoms with E-state index in [1.54, 1.807) is 0 Å². The first kappa shape index (κ1) is 15.6. The Bertz CT molecular complexity index is 990. The van der Waals surface area contributed by atoms with Crippen molar-refractivity contribution < 1.29 is 9.90 Å². The van der Waals surface area contributed by atoms with E-state index in [1.807, 2.05) is 42.5 Å². The molecule has 0 aliphatic heterocycles. The number of aromatic nitrogens is 1. The van der Waals surface area contributed by atoms with Crippen LogP contribution in [0.4, 0.5) is 0 Å². The Balaban J connectivity index is 2.00. The molecule has 1 aliphatic rings. The van der Waals surface area contributed by atoms with Crippen LogP contribution in [0.1, 0.15) is 40.5 Å². The van der Waals surface area contributed by atoms with Crippen molar-refractivity contribution in [1.29, 1.82) is 0 Å². The normalized spacial score (nSPS) is 18.3. The second-order valence-corrected chi connectivity index (χ2v) is 6.73. The number of benzene rings is 2. The molecule has 4 rings (SSSR count). The molecule has 1 atom stereocenters. The first-order valence-electron chi connectivity index (χ1n) is 8.54. The molecule has 0 fully saturated rings. The van der Waals surface area contributed by atoms with Gasteiger partial charge < -0.3 is 5.11 Å². The van der Waals surface area contributed by atoms with E-state index in [-0.39, 0.29) is 0 Å². The number of hydrogen-bond donors (Lipinski definition) is 1. The predicted octanol–water partition coefficient (Wildman–Crippen LogP) is 5.06. The second kappa shape index (κ2) is 6.17. The third-order valence-electron chi connectivity index (χ3n) is 4.77. The molecule has 0 saturated heterocycles. The fraction of sp³-hybridized carbons (Fsp3) is 0.182. The fourth-order valence-electron chi connectivity index (χ4n) is 3.73. The lowest BCUT2D eigenvalue weighted by molar-refractivity contribution is 0.0697. The van der Waals surface area contributed by atoms with Crippen molar-refractivity contribution in [1.82, 2.24) is 4.98 Å². The summed E-state index contributed by atoms with van der Waals surface area (Å²) < 4.78 is 0. The van der Waals surface area contributed by atoms with Gasteiger partial charge in [0.15, 0.2) is 0 Å². The number of carbonyl (C=O) groups is 1. The van der Waals surface area contributed by atoms with E-state index in [9.17, 15) is 9.90 Å². The highest BCUT2D eigenvalue weighted by molar-refractivity contribution is 6.05. The molecule has 124 valence electrons. The van der Waals surface area contributed by atoms with Crippen LogP contribution in [0.5, 0.6) is 0 Å². The maximum absolute atomic E-state index is 12.0. The third kappa shape index (κ3) is 2.82. The summed E-state index contributed by atoms with van der Waals surface area (Å²) in [5.74, 6) is -0.480. The van der Waals surface area contributed by atoms with E-state index < -0.39 is 5.97 Å². The number of carboxylic acid groups (broad SMARTS) is 1. The Morgan fingerprint density at radius 2 is 1.80 bits per heavy atom. The standard InChI is InChI=1S/C22H19NO2/c1-14-11-16(13-15-7-3-2-4-8-15)21-18(12-14)20(22(24)25)17-9-5-6-10-19(17)23-21/h2-10,13-14H,11-12H2,1H3,(H,24,25)/b16-13+/t14-/m1/s1. The molecular weight excluding hydrogens is 310 g/mol. The minimum absolute atomic E-state index is 0.392. The Kier molecular flexibility index (Phi) is 3.85. The van der Waals surface area contributed by atoms with Gasteiger partial charge in [0.05, 0.1) is 16.8 Å². The molecule has 1 N–H and O–H groups in total. The molecule has 1 aromatic heterocycles. The number of pyridine rings is 1. The van der Waals surface area contributed by atoms with Crippen molar-refractivity contribution in [2.45, 2.75) is 19.8 Å². The average Bonchev–Trinajstić information content (AvgIpc) is 2.60. The number of fused-ring (bicyclic) bond motifs is 2. The molecule has 0 amide bonds. The lowest BCUT2D eigenvalue weighted by atomic mass is 9.80. The molecule has 3 nitrogen and oxygen atoms in total. The quantitative estimate of drug-likeness (QED) is 0.715. The van der Waals surface area contributed by atoms with Crippen molar-refractivity contribution in [2.75, 3.05) is 0 Å². The van der Waals surface area contributed by atoms with Gasteiger partial charge in [-0.3, -0.25) is 0 Å². The summed E-state index contributed by atoms with van der Waals surface area (Å²) in [6.45, 7) is 2.17. The van der Waals surface area contributed by atoms with Crippen LogP contribution in [-0.2, 0) is 6.42 Å². The van der Waals surface area contributed by atoms with Crippen LogP contribution in [0.25, 0.3) is 22.6 Å². The molecule has 0 radical (unpaired) electrons. The summed E-state index contributed by atoms with van der Waals surface area (Å²) in [5.41, 5.74) is 5.10. The van der Waals surface area contributed by atoms with Crippen LogP contribution in [0.3, 0.4) is 0 Å². The predicted molar refractivity (Wildman–Crippen MR) is 101 cm³/mol. The number of carboxylic acids is 1. The number of rotatable bonds is 2. The van der Waals surface area contributed by atoms with Gasteiger partial charge in [-0.05, 0) is 47.6 Å². The maximum atomic E-state index is 12.0. The number of para-hydroxylation sites is 1. The molecular formula is C22H19NO2. The molecule has 0 unspecified atom stereocenters. The van der Waals surface area contributed by atoms with Gasteiger partial charge in [-0.25, -0.2) is 9.78 Å². The van der Waals surface area contributed by atoms with Crippen molar-refractivity contribution in [3.8, 4) is 0 Å². The minimum atomic E-state index is -0.872. The maximum Gasteiger partial charge on any atom is 0.336 e. The molecule has 0 saturated carbocycles. The van der Waals surface area contributed by atoms with Crippen molar-refractivity contribution in [3.05, 3.63) is 77.0 Å². The molecule has 3 heteroatoms. The smallest absolute Gasteiger partial charge is 0.336 e. The van der Waals surface area contributed by atoms with Crippen LogP contribution in [0.15, 0.2) is 54.6 Å². The Morgan fingerprint density at radius 1 is 1.08 bits per heavy atom. The van der Waals surface area contributed by atoms with Gasteiger partial charge in [0.25, 0.3) is 0 Å². The largest absolute Gasteiger partial charge is 0.478 e. The summed E-state index contributed by atoms with van der Waals surface area (Å²) in [6.07, 6.45) is 3.80. The monoisotopic (exact) mass is 329 g/mol. The third-order valence-corrected chi connectivity index (χ3v) is 4.77. The lowest BCUT2D eigenvalue weighted by Gasteiger charge is -2.26. The number of nitrogens with zero attached hydrogens (tertiary/aromatic N) is 1. The van der Waals surface area contributed by atoms with Gasteiger partial charge in [0.2, 0.25) is 0 Å². The SMILES string of the molecule is C[C@@H]1C/C(=C\c2ccccc2)c2nc3ccccc3c(C(=O)O)c2C1. The van der Waals surface area contributed by atoms with Crippen LogP contribution in [-0.4, -0.2) is 16.1 Å². The van der Waals surface area contributed by atoms with E-state index in [2.05, 4.69) is 25.1 Å². The van der Waals surface area contributed by atoms with E-state index in [0.29, 0.717) is 11.5 Å². The molecule has 25 heavy (non-hydrogen) atoms. The number of hydrogen-bond acceptors (Lipinski definition) is 2. The van der Waals surface area contributed by atoms with Crippen LogP contribution >= 0.6 is 0 Å². The van der Waals surface area contributed by atoms with Gasteiger partial charge in [-0.1, -0.05) is 55.5 Å². The molecule has 3 aromatic rings. The average molecular weight is 329 g/mol. The van der Waals surface area contributed by atoms with Gasteiger partial charge in [-0.2, -0.15) is 0 Å². The Labute approximate surface area is 146 Å². The first-order chi connectivity index (χ1) is 12.1. The van der Waals surface area contributed by atoms with Crippen molar-refractivity contribution in [2.24, 2.45) is 5.92 Å². The lowest BCUT2D eigenvalue weighted by Crippen LogP contribution is -2.17. The highest BCUT2D eigenvalue weighted by Gasteiger charge is 2.27. The number of aromatic carboxylic acids is 1. The van der Waals surface area contributed by atoms with Gasteiger partial charge >= 0.3 is 5.97 Å². The zero-order valence-electron chi connectivity index (χ0n) is 14.1. The Morgan fingerprint density at radius 3 is 2.56 bits per heavy atom. The van der Waals surface area contributed by atoms with E-state index >= 15 is 0 Å². The van der Waals surface area contributed by atoms with E-state index in [1.165, 1.54) is 0 Å². The van der Waals surface area contributed by atoms with E-state index in [0.717, 1.165) is 46.1 Å². The summed E-state index contributed by atoms with van der Waals surface area (Å²) in [7, 11) is 0. The zero-order valence-corrected chi connectivity index (χ0v) is 14.1. The highest BCUT2D eigenvalue weighted by atomic mass is 16.4. The van der Waals surface area contributed by atoms with Gasteiger partial charge in [-0.15, -0.1) is 0 Å². The summed E-state index contributed by atoms with van der Waals surface area (Å²) >= 11 is 0. The van der Waals surface area contributed by atoms with Crippen LogP contribution < -0.4 is 0 Å². The van der Waals surface area contributed by atoms with Crippen LogP contribution in [0, 0.1) is 5.92 Å². The molecule has 2 aromatic carbocycles. The van der Waals surface area contributed by atoms with E-state index in [4.69, 9.17) is 4.98 Å². The summed E-state index contributed by atoms with van der Waals surface area (Å²) in [6, 6.07) is 17.7. The molecule has 1 heterocycles. The fourth-order valence-corrected chi connectivity index (χ4v) is 3.73. The molecule has 0 spiro atoms. The molecule has 1 aliphatic carbocycles. The van der Waals surface area contributed by atoms with Crippen LogP contribution in [0.2, 0.25) is 0 Å². The van der Waals surface area contributed by atoms with Crippen molar-refractivity contribution in [3.63, 3.8) is 0 Å². The van der Waals surface area contributed by atoms with Gasteiger partial charge in [0, 0.05) is 5.39 Å². The van der Waals surface area contributed by atoms with Gasteiger partial charge in [0.1, 0.15) is 0 Å². The molecule has 0 bridgehead atoms. The summed E-state index contributed by atoms with van der Waals surface area (Å²) in [5, 5.41) is 10.6. The minimum Gasteiger partial charge on any atom is -0.478 e. The number of allylic oxidation sites excluding steroid dienone is 1. The van der Waals surface area contributed by atoms with Crippen molar-refractivity contribution >= 4 is 28.5 Å². The highest BCUT2D eigenvalue weighted by Crippen LogP contribution is 2.38. The second-order valence-electron chi connectivity index (χ2n) is 6.73. The first-order valence-corrected chi connectivity index (χ1v) is 8.54.